The average molecular weight is 262 g/mol. The highest BCUT2D eigenvalue weighted by Crippen LogP contribution is 2.15. The fraction of sp³-hybridized carbons (Fsp3) is 0.533. The molecule has 2 nitrogen and oxygen atoms in total. The second kappa shape index (κ2) is 9.85. The third-order valence-electron chi connectivity index (χ3n) is 2.95. The van der Waals surface area contributed by atoms with Crippen molar-refractivity contribution in [2.75, 3.05) is 23.7 Å². The molecular formula is C15H22N2S. The lowest BCUT2D eigenvalue weighted by atomic mass is 10.2. The van der Waals surface area contributed by atoms with Crippen LogP contribution in [-0.4, -0.2) is 18.8 Å². The zero-order valence-electron chi connectivity index (χ0n) is 10.9. The van der Waals surface area contributed by atoms with Crippen LogP contribution in [-0.2, 0) is 0 Å². The molecule has 0 amide bonds. The fourth-order valence-corrected chi connectivity index (χ4v) is 2.19. The Bertz CT molecular complexity index is 345. The molecule has 0 saturated heterocycles. The molecule has 0 bridgehead atoms. The van der Waals surface area contributed by atoms with Gasteiger partial charge in [-0.05, 0) is 30.7 Å². The average Bonchev–Trinajstić information content (AvgIpc) is 2.43. The van der Waals surface area contributed by atoms with E-state index in [4.69, 9.17) is 5.26 Å². The van der Waals surface area contributed by atoms with Gasteiger partial charge in [-0.15, -0.1) is 0 Å². The van der Waals surface area contributed by atoms with Crippen molar-refractivity contribution in [1.82, 2.24) is 0 Å². The quantitative estimate of drug-likeness (QED) is 0.540. The predicted octanol–water partition coefficient (Wildman–Crippen LogP) is 3.90. The van der Waals surface area contributed by atoms with Crippen LogP contribution in [0.15, 0.2) is 30.3 Å². The van der Waals surface area contributed by atoms with E-state index >= 15 is 0 Å². The first-order chi connectivity index (χ1) is 8.88. The smallest absolute Gasteiger partial charge is 0.0640 e. The summed E-state index contributed by atoms with van der Waals surface area (Å²) in [4.78, 5) is 2.31. The minimum atomic E-state index is 0.589. The van der Waals surface area contributed by atoms with Crippen LogP contribution < -0.4 is 4.90 Å². The van der Waals surface area contributed by atoms with E-state index in [1.807, 2.05) is 6.07 Å². The molecule has 98 valence electrons. The molecule has 0 radical (unpaired) electrons. The van der Waals surface area contributed by atoms with Gasteiger partial charge in [0, 0.05) is 18.8 Å². The van der Waals surface area contributed by atoms with Gasteiger partial charge in [-0.3, -0.25) is 0 Å². The van der Waals surface area contributed by atoms with Gasteiger partial charge < -0.3 is 4.90 Å². The van der Waals surface area contributed by atoms with Crippen molar-refractivity contribution >= 4 is 18.3 Å². The number of nitriles is 1. The van der Waals surface area contributed by atoms with Gasteiger partial charge in [0.15, 0.2) is 0 Å². The van der Waals surface area contributed by atoms with Crippen LogP contribution in [0.4, 0.5) is 5.69 Å². The van der Waals surface area contributed by atoms with E-state index in [2.05, 4.69) is 47.9 Å². The first-order valence-corrected chi connectivity index (χ1v) is 7.29. The Morgan fingerprint density at radius 3 is 2.39 bits per heavy atom. The van der Waals surface area contributed by atoms with Gasteiger partial charge in [-0.2, -0.15) is 17.9 Å². The third kappa shape index (κ3) is 5.97. The molecule has 0 unspecified atom stereocenters. The molecule has 0 saturated carbocycles. The van der Waals surface area contributed by atoms with Gasteiger partial charge in [0.05, 0.1) is 12.5 Å². The van der Waals surface area contributed by atoms with Crippen molar-refractivity contribution in [3.05, 3.63) is 30.3 Å². The Labute approximate surface area is 116 Å². The monoisotopic (exact) mass is 262 g/mol. The Morgan fingerprint density at radius 1 is 1.00 bits per heavy atom. The van der Waals surface area contributed by atoms with Crippen molar-refractivity contribution < 1.29 is 0 Å². The van der Waals surface area contributed by atoms with E-state index < -0.39 is 0 Å². The highest BCUT2D eigenvalue weighted by molar-refractivity contribution is 7.80. The van der Waals surface area contributed by atoms with Crippen molar-refractivity contribution in [2.24, 2.45) is 0 Å². The molecule has 0 N–H and O–H groups in total. The summed E-state index contributed by atoms with van der Waals surface area (Å²) in [5.74, 6) is 0.983. The lowest BCUT2D eigenvalue weighted by molar-refractivity contribution is 0.647. The van der Waals surface area contributed by atoms with Crippen LogP contribution in [0, 0.1) is 11.3 Å². The van der Waals surface area contributed by atoms with Crippen LogP contribution in [0.2, 0.25) is 0 Å². The van der Waals surface area contributed by atoms with Crippen LogP contribution in [0.5, 0.6) is 0 Å². The molecule has 0 aromatic heterocycles. The number of benzene rings is 1. The summed E-state index contributed by atoms with van der Waals surface area (Å²) >= 11 is 4.22. The Hall–Kier alpha value is -1.14. The maximum absolute atomic E-state index is 8.72. The minimum Gasteiger partial charge on any atom is -0.371 e. The van der Waals surface area contributed by atoms with Crippen LogP contribution in [0.25, 0.3) is 0 Å². The largest absolute Gasteiger partial charge is 0.371 e. The van der Waals surface area contributed by atoms with Gasteiger partial charge in [0.1, 0.15) is 0 Å². The topological polar surface area (TPSA) is 27.0 Å². The van der Waals surface area contributed by atoms with E-state index in [0.717, 1.165) is 18.8 Å². The summed E-state index contributed by atoms with van der Waals surface area (Å²) in [6, 6.07) is 12.6. The number of rotatable bonds is 9. The van der Waals surface area contributed by atoms with E-state index in [1.54, 1.807) is 0 Å². The molecule has 18 heavy (non-hydrogen) atoms. The maximum atomic E-state index is 8.72. The fourth-order valence-electron chi connectivity index (χ4n) is 1.96. The maximum Gasteiger partial charge on any atom is 0.0640 e. The molecule has 0 aliphatic carbocycles. The third-order valence-corrected chi connectivity index (χ3v) is 3.27. The molecule has 0 spiro atoms. The Kier molecular flexibility index (Phi) is 8.16. The Balaban J connectivity index is 2.39. The first-order valence-electron chi connectivity index (χ1n) is 6.66. The number of anilines is 1. The van der Waals surface area contributed by atoms with Gasteiger partial charge in [0.2, 0.25) is 0 Å². The molecule has 0 atom stereocenters. The molecule has 1 rings (SSSR count). The molecule has 1 aromatic carbocycles. The number of hydrogen-bond acceptors (Lipinski definition) is 3. The second-order valence-electron chi connectivity index (χ2n) is 4.37. The SMILES string of the molecule is N#CCCN(CCCCCCS)c1ccccc1. The van der Waals surface area contributed by atoms with Crippen molar-refractivity contribution in [1.29, 1.82) is 5.26 Å². The standard InChI is InChI=1S/C15H22N2S/c16-11-8-13-17(12-6-1-2-7-14-18)15-9-4-3-5-10-15/h3-5,9-10,18H,1-2,6-8,12-14H2. The number of para-hydroxylation sites is 1. The van der Waals surface area contributed by atoms with E-state index in [0.29, 0.717) is 6.42 Å². The predicted molar refractivity (Wildman–Crippen MR) is 81.2 cm³/mol. The summed E-state index contributed by atoms with van der Waals surface area (Å²) < 4.78 is 0. The van der Waals surface area contributed by atoms with Crippen LogP contribution in [0.1, 0.15) is 32.1 Å². The van der Waals surface area contributed by atoms with Crippen LogP contribution in [0.3, 0.4) is 0 Å². The van der Waals surface area contributed by atoms with Crippen molar-refractivity contribution in [3.63, 3.8) is 0 Å². The lowest BCUT2D eigenvalue weighted by Crippen LogP contribution is -2.25. The summed E-state index contributed by atoms with van der Waals surface area (Å²) in [7, 11) is 0. The van der Waals surface area contributed by atoms with Gasteiger partial charge in [-0.1, -0.05) is 31.0 Å². The molecule has 1 aromatic rings. The van der Waals surface area contributed by atoms with E-state index in [9.17, 15) is 0 Å². The lowest BCUT2D eigenvalue weighted by Gasteiger charge is -2.23. The minimum absolute atomic E-state index is 0.589. The van der Waals surface area contributed by atoms with Crippen molar-refractivity contribution in [2.45, 2.75) is 32.1 Å². The van der Waals surface area contributed by atoms with Crippen LogP contribution >= 0.6 is 12.6 Å². The normalized spacial score (nSPS) is 10.0. The number of unbranched alkanes of at least 4 members (excludes halogenated alkanes) is 3. The molecule has 3 heteroatoms. The number of hydrogen-bond donors (Lipinski definition) is 1. The summed E-state index contributed by atoms with van der Waals surface area (Å²) in [6.07, 6.45) is 5.48. The summed E-state index contributed by atoms with van der Waals surface area (Å²) in [6.45, 7) is 1.87. The highest BCUT2D eigenvalue weighted by Gasteiger charge is 2.04. The number of thiol groups is 1. The van der Waals surface area contributed by atoms with Gasteiger partial charge >= 0.3 is 0 Å². The van der Waals surface area contributed by atoms with Gasteiger partial charge in [0.25, 0.3) is 0 Å². The number of nitrogens with zero attached hydrogens (tertiary/aromatic N) is 2. The second-order valence-corrected chi connectivity index (χ2v) is 4.82. The molecule has 0 aliphatic rings. The first kappa shape index (κ1) is 14.9. The van der Waals surface area contributed by atoms with Gasteiger partial charge in [-0.25, -0.2) is 0 Å². The molecule has 0 heterocycles. The summed E-state index contributed by atoms with van der Waals surface area (Å²) in [5, 5.41) is 8.72. The molecule has 0 fully saturated rings. The van der Waals surface area contributed by atoms with E-state index in [1.165, 1.54) is 31.4 Å². The highest BCUT2D eigenvalue weighted by atomic mass is 32.1. The zero-order valence-corrected chi connectivity index (χ0v) is 11.8. The Morgan fingerprint density at radius 2 is 1.72 bits per heavy atom. The summed E-state index contributed by atoms with van der Waals surface area (Å²) in [5.41, 5.74) is 1.22. The molecular weight excluding hydrogens is 240 g/mol. The van der Waals surface area contributed by atoms with Crippen molar-refractivity contribution in [3.8, 4) is 6.07 Å². The zero-order chi connectivity index (χ0) is 13.1. The molecule has 0 aliphatic heterocycles. The van der Waals surface area contributed by atoms with E-state index in [-0.39, 0.29) is 0 Å².